The fourth-order valence-electron chi connectivity index (χ4n) is 1.67. The highest BCUT2D eigenvalue weighted by Crippen LogP contribution is 2.21. The van der Waals surface area contributed by atoms with Crippen LogP contribution in [0.4, 0.5) is 11.4 Å². The van der Waals surface area contributed by atoms with Crippen molar-refractivity contribution >= 4 is 34.7 Å². The summed E-state index contributed by atoms with van der Waals surface area (Å²) < 4.78 is 0. The number of para-hydroxylation sites is 1. The summed E-state index contributed by atoms with van der Waals surface area (Å²) in [6.07, 6.45) is 0. The second-order valence-electron chi connectivity index (χ2n) is 4.14. The highest BCUT2D eigenvalue weighted by Gasteiger charge is 2.18. The molecule has 6 heteroatoms. The zero-order valence-corrected chi connectivity index (χ0v) is 13.4. The lowest BCUT2D eigenvalue weighted by Gasteiger charge is -2.09. The molecule has 0 bridgehead atoms. The van der Waals surface area contributed by atoms with E-state index < -0.39 is 5.91 Å². The number of nitrogens with one attached hydrogen (secondary N) is 1. The molecule has 0 fully saturated rings. The number of anilines is 2. The maximum atomic E-state index is 12.2. The van der Waals surface area contributed by atoms with Crippen molar-refractivity contribution in [3.8, 4) is 0 Å². The number of benzene rings is 1. The van der Waals surface area contributed by atoms with Crippen molar-refractivity contribution in [2.24, 2.45) is 0 Å². The number of nitrogen functional groups attached to an aromatic ring is 1. The summed E-state index contributed by atoms with van der Waals surface area (Å²) in [5.74, 6) is -0.817. The molecule has 0 saturated heterocycles. The lowest BCUT2D eigenvalue weighted by atomic mass is 10.1. The highest BCUT2D eigenvalue weighted by molar-refractivity contribution is 6.32. The molecule has 0 aliphatic rings. The third-order valence-electron chi connectivity index (χ3n) is 2.61. The molecular weight excluding hydrogens is 302 g/mol. The molecule has 0 unspecified atom stereocenters. The van der Waals surface area contributed by atoms with Gasteiger partial charge in [-0.1, -0.05) is 43.6 Å². The Morgan fingerprint density at radius 3 is 2.32 bits per heavy atom. The zero-order valence-electron chi connectivity index (χ0n) is 12.7. The normalized spacial score (nSPS) is 9.45. The topological polar surface area (TPSA) is 85.1 Å². The third-order valence-corrected chi connectivity index (χ3v) is 2.92. The Morgan fingerprint density at radius 1 is 1.18 bits per heavy atom. The van der Waals surface area contributed by atoms with E-state index in [4.69, 9.17) is 17.3 Å². The second kappa shape index (κ2) is 8.14. The number of ketones is 1. The fourth-order valence-corrected chi connectivity index (χ4v) is 1.81. The molecule has 0 saturated carbocycles. The first-order chi connectivity index (χ1) is 10.5. The first-order valence-corrected chi connectivity index (χ1v) is 7.20. The molecule has 2 rings (SSSR count). The molecule has 0 aliphatic carbocycles. The Balaban J connectivity index is 0.00000116. The zero-order chi connectivity index (χ0) is 16.7. The standard InChI is InChI=1S/C14H12ClN3O2.C2H6/c1-8(19)12-10(7-11(16)13(15)18-12)14(20)17-9-5-3-2-4-6-9;1-2/h2-7H,16H2,1H3,(H,17,20);1-2H3. The molecule has 1 aromatic heterocycles. The van der Waals surface area contributed by atoms with Gasteiger partial charge in [-0.05, 0) is 18.2 Å². The number of aromatic nitrogens is 1. The number of Topliss-reactive ketones (excluding diaryl/α,β-unsaturated/α-hetero) is 1. The van der Waals surface area contributed by atoms with Gasteiger partial charge in [-0.3, -0.25) is 9.59 Å². The summed E-state index contributed by atoms with van der Waals surface area (Å²) >= 11 is 5.77. The summed E-state index contributed by atoms with van der Waals surface area (Å²) in [6, 6.07) is 10.2. The number of hydrogen-bond acceptors (Lipinski definition) is 4. The molecule has 5 nitrogen and oxygen atoms in total. The Morgan fingerprint density at radius 2 is 1.77 bits per heavy atom. The van der Waals surface area contributed by atoms with Gasteiger partial charge in [-0.2, -0.15) is 0 Å². The Labute approximate surface area is 134 Å². The van der Waals surface area contributed by atoms with Crippen LogP contribution >= 0.6 is 11.6 Å². The minimum absolute atomic E-state index is 0.00219. The summed E-state index contributed by atoms with van der Waals surface area (Å²) in [6.45, 7) is 5.31. The average Bonchev–Trinajstić information content (AvgIpc) is 2.52. The summed E-state index contributed by atoms with van der Waals surface area (Å²) in [7, 11) is 0. The van der Waals surface area contributed by atoms with Crippen LogP contribution in [0.1, 0.15) is 41.6 Å². The quantitative estimate of drug-likeness (QED) is 0.665. The summed E-state index contributed by atoms with van der Waals surface area (Å²) in [5, 5.41) is 2.68. The predicted molar refractivity (Wildman–Crippen MR) is 89.4 cm³/mol. The van der Waals surface area contributed by atoms with E-state index >= 15 is 0 Å². The van der Waals surface area contributed by atoms with Gasteiger partial charge in [-0.15, -0.1) is 0 Å². The monoisotopic (exact) mass is 319 g/mol. The summed E-state index contributed by atoms with van der Waals surface area (Å²) in [5.41, 5.74) is 6.49. The minimum atomic E-state index is -0.461. The van der Waals surface area contributed by atoms with Crippen LogP contribution in [0.25, 0.3) is 0 Å². The molecule has 1 heterocycles. The minimum Gasteiger partial charge on any atom is -0.396 e. The Bertz CT molecular complexity index is 673. The van der Waals surface area contributed by atoms with Crippen LogP contribution in [-0.4, -0.2) is 16.7 Å². The van der Waals surface area contributed by atoms with Crippen LogP contribution < -0.4 is 11.1 Å². The maximum absolute atomic E-state index is 12.2. The fraction of sp³-hybridized carbons (Fsp3) is 0.188. The van der Waals surface area contributed by atoms with Crippen LogP contribution in [-0.2, 0) is 0 Å². The van der Waals surface area contributed by atoms with E-state index in [0.29, 0.717) is 5.69 Å². The van der Waals surface area contributed by atoms with Gasteiger partial charge in [0.05, 0.1) is 11.3 Å². The molecule has 0 atom stereocenters. The van der Waals surface area contributed by atoms with Gasteiger partial charge < -0.3 is 11.1 Å². The lowest BCUT2D eigenvalue weighted by molar-refractivity contribution is 0.0981. The second-order valence-corrected chi connectivity index (χ2v) is 4.50. The van der Waals surface area contributed by atoms with Crippen LogP contribution in [0, 0.1) is 0 Å². The predicted octanol–water partition coefficient (Wildman–Crippen LogP) is 3.80. The smallest absolute Gasteiger partial charge is 0.258 e. The van der Waals surface area contributed by atoms with Gasteiger partial charge in [-0.25, -0.2) is 4.98 Å². The number of nitrogens with two attached hydrogens (primary N) is 1. The molecule has 3 N–H and O–H groups in total. The Hall–Kier alpha value is -2.40. The molecular formula is C16H18ClN3O2. The molecule has 2 aromatic rings. The van der Waals surface area contributed by atoms with Crippen molar-refractivity contribution in [3.05, 3.63) is 52.8 Å². The van der Waals surface area contributed by atoms with E-state index in [-0.39, 0.29) is 27.9 Å². The molecule has 1 aromatic carbocycles. The van der Waals surface area contributed by atoms with Gasteiger partial charge >= 0.3 is 0 Å². The van der Waals surface area contributed by atoms with Crippen molar-refractivity contribution in [2.75, 3.05) is 11.1 Å². The molecule has 116 valence electrons. The van der Waals surface area contributed by atoms with E-state index in [0.717, 1.165) is 0 Å². The molecule has 1 amide bonds. The van der Waals surface area contributed by atoms with Crippen LogP contribution in [0.5, 0.6) is 0 Å². The van der Waals surface area contributed by atoms with Crippen molar-refractivity contribution in [1.29, 1.82) is 0 Å². The van der Waals surface area contributed by atoms with E-state index in [9.17, 15) is 9.59 Å². The van der Waals surface area contributed by atoms with Gasteiger partial charge in [0.25, 0.3) is 5.91 Å². The number of hydrogen-bond donors (Lipinski definition) is 2. The van der Waals surface area contributed by atoms with Crippen molar-refractivity contribution in [1.82, 2.24) is 4.98 Å². The third kappa shape index (κ3) is 4.30. The maximum Gasteiger partial charge on any atom is 0.258 e. The lowest BCUT2D eigenvalue weighted by Crippen LogP contribution is -2.17. The van der Waals surface area contributed by atoms with Crippen LogP contribution in [0.2, 0.25) is 5.15 Å². The van der Waals surface area contributed by atoms with Gasteiger partial charge in [0.2, 0.25) is 0 Å². The van der Waals surface area contributed by atoms with Crippen molar-refractivity contribution < 1.29 is 9.59 Å². The van der Waals surface area contributed by atoms with Crippen molar-refractivity contribution in [2.45, 2.75) is 20.8 Å². The molecule has 22 heavy (non-hydrogen) atoms. The number of carbonyl (C=O) groups excluding carboxylic acids is 2. The molecule has 0 aliphatic heterocycles. The van der Waals surface area contributed by atoms with Crippen LogP contribution in [0.3, 0.4) is 0 Å². The average molecular weight is 320 g/mol. The number of rotatable bonds is 3. The van der Waals surface area contributed by atoms with E-state index in [1.165, 1.54) is 13.0 Å². The van der Waals surface area contributed by atoms with E-state index in [1.54, 1.807) is 24.3 Å². The number of nitrogens with zero attached hydrogens (tertiary/aromatic N) is 1. The first-order valence-electron chi connectivity index (χ1n) is 6.82. The molecule has 0 radical (unpaired) electrons. The highest BCUT2D eigenvalue weighted by atomic mass is 35.5. The number of carbonyl (C=O) groups is 2. The summed E-state index contributed by atoms with van der Waals surface area (Å²) in [4.78, 5) is 27.6. The first kappa shape index (κ1) is 17.7. The largest absolute Gasteiger partial charge is 0.396 e. The van der Waals surface area contributed by atoms with Crippen LogP contribution in [0.15, 0.2) is 36.4 Å². The Kier molecular flexibility index (Phi) is 6.53. The van der Waals surface area contributed by atoms with Gasteiger partial charge in [0.1, 0.15) is 5.69 Å². The van der Waals surface area contributed by atoms with E-state index in [1.807, 2.05) is 19.9 Å². The van der Waals surface area contributed by atoms with Gasteiger partial charge in [0.15, 0.2) is 10.9 Å². The number of pyridine rings is 1. The number of amides is 1. The van der Waals surface area contributed by atoms with Gasteiger partial charge in [0, 0.05) is 12.6 Å². The SMILES string of the molecule is CC.CC(=O)c1nc(Cl)c(N)cc1C(=O)Nc1ccccc1. The number of halogens is 1. The van der Waals surface area contributed by atoms with Crippen molar-refractivity contribution in [3.63, 3.8) is 0 Å². The molecule has 0 spiro atoms. The van der Waals surface area contributed by atoms with E-state index in [2.05, 4.69) is 10.3 Å².